The van der Waals surface area contributed by atoms with E-state index in [-0.39, 0.29) is 11.9 Å². The first-order chi connectivity index (χ1) is 12.5. The Morgan fingerprint density at radius 1 is 1.27 bits per heavy atom. The minimum atomic E-state index is -3.34. The van der Waals surface area contributed by atoms with E-state index in [1.165, 1.54) is 0 Å². The third-order valence-corrected chi connectivity index (χ3v) is 5.48. The van der Waals surface area contributed by atoms with Crippen molar-refractivity contribution in [2.24, 2.45) is 4.99 Å². The molecular formula is C18H30N4O3S. The number of guanidine groups is 1. The molecule has 0 radical (unpaired) electrons. The smallest absolute Gasteiger partial charge is 0.213 e. The molecule has 0 aliphatic carbocycles. The van der Waals surface area contributed by atoms with Gasteiger partial charge in [-0.25, -0.2) is 18.1 Å². The molecule has 1 aliphatic rings. The highest BCUT2D eigenvalue weighted by molar-refractivity contribution is 7.89. The van der Waals surface area contributed by atoms with E-state index >= 15 is 0 Å². The molecule has 1 unspecified atom stereocenters. The zero-order valence-electron chi connectivity index (χ0n) is 15.6. The number of aliphatic imine (C=N–C) groups is 1. The normalized spacial score (nSPS) is 18.5. The molecule has 1 saturated heterocycles. The molecule has 1 heterocycles. The molecule has 1 aromatic rings. The predicted molar refractivity (Wildman–Crippen MR) is 105 cm³/mol. The first-order valence-electron chi connectivity index (χ1n) is 9.05. The van der Waals surface area contributed by atoms with E-state index in [0.29, 0.717) is 25.6 Å². The van der Waals surface area contributed by atoms with Crippen LogP contribution in [-0.2, 0) is 21.3 Å². The number of rotatable bonds is 8. The van der Waals surface area contributed by atoms with Crippen molar-refractivity contribution in [3.8, 4) is 0 Å². The first-order valence-corrected chi connectivity index (χ1v) is 10.7. The number of nitrogens with one attached hydrogen (secondary N) is 2. The van der Waals surface area contributed by atoms with Crippen molar-refractivity contribution in [2.45, 2.75) is 31.9 Å². The fourth-order valence-electron chi connectivity index (χ4n) is 2.66. The second-order valence-electron chi connectivity index (χ2n) is 6.60. The van der Waals surface area contributed by atoms with Gasteiger partial charge in [0.1, 0.15) is 0 Å². The summed E-state index contributed by atoms with van der Waals surface area (Å²) in [6.07, 6.45) is 3.06. The zero-order valence-corrected chi connectivity index (χ0v) is 16.5. The Morgan fingerprint density at radius 3 is 2.69 bits per heavy atom. The summed E-state index contributed by atoms with van der Waals surface area (Å²) in [6.45, 7) is 1.92. The summed E-state index contributed by atoms with van der Waals surface area (Å²) in [4.78, 5) is 6.37. The van der Waals surface area contributed by atoms with Crippen LogP contribution in [0.2, 0.25) is 0 Å². The summed E-state index contributed by atoms with van der Waals surface area (Å²) in [5.41, 5.74) is 1.11. The fraction of sp³-hybridized carbons (Fsp3) is 0.611. The highest BCUT2D eigenvalue weighted by atomic mass is 32.2. The molecular weight excluding hydrogens is 352 g/mol. The summed E-state index contributed by atoms with van der Waals surface area (Å²) < 4.78 is 32.5. The fourth-order valence-corrected chi connectivity index (χ4v) is 3.62. The van der Waals surface area contributed by atoms with Crippen LogP contribution < -0.4 is 10.0 Å². The minimum absolute atomic E-state index is 0.00207. The summed E-state index contributed by atoms with van der Waals surface area (Å²) in [5, 5.41) is 3.11. The molecule has 7 nitrogen and oxygen atoms in total. The van der Waals surface area contributed by atoms with E-state index in [0.717, 1.165) is 31.4 Å². The molecule has 146 valence electrons. The zero-order chi connectivity index (χ0) is 18.8. The maximum atomic E-state index is 12.1. The van der Waals surface area contributed by atoms with Gasteiger partial charge in [0.15, 0.2) is 5.96 Å². The molecule has 0 amide bonds. The Labute approximate surface area is 156 Å². The van der Waals surface area contributed by atoms with Crippen molar-refractivity contribution < 1.29 is 13.2 Å². The van der Waals surface area contributed by atoms with Gasteiger partial charge >= 0.3 is 0 Å². The van der Waals surface area contributed by atoms with Gasteiger partial charge in [0.05, 0.1) is 18.4 Å². The maximum absolute atomic E-state index is 12.1. The Kier molecular flexibility index (Phi) is 8.34. The van der Waals surface area contributed by atoms with Crippen molar-refractivity contribution in [3.63, 3.8) is 0 Å². The second-order valence-corrected chi connectivity index (χ2v) is 8.53. The highest BCUT2D eigenvalue weighted by Gasteiger charge is 2.17. The van der Waals surface area contributed by atoms with Gasteiger partial charge in [0, 0.05) is 33.8 Å². The lowest BCUT2D eigenvalue weighted by Crippen LogP contribution is -2.42. The summed E-state index contributed by atoms with van der Waals surface area (Å²) in [6, 6.07) is 9.94. The van der Waals surface area contributed by atoms with Crippen LogP contribution in [0, 0.1) is 0 Å². The number of ether oxygens (including phenoxy) is 1. The van der Waals surface area contributed by atoms with Gasteiger partial charge in [0.25, 0.3) is 0 Å². The van der Waals surface area contributed by atoms with Crippen LogP contribution >= 0.6 is 0 Å². The monoisotopic (exact) mass is 382 g/mol. The van der Waals surface area contributed by atoms with Gasteiger partial charge in [0.2, 0.25) is 10.0 Å². The SMILES string of the molecule is CN(C)C(=NCc1ccccc1)NCCS(=O)(=O)NCC1CCCCO1. The lowest BCUT2D eigenvalue weighted by molar-refractivity contribution is 0.0200. The Morgan fingerprint density at radius 2 is 2.04 bits per heavy atom. The lowest BCUT2D eigenvalue weighted by atomic mass is 10.1. The average Bonchev–Trinajstić information content (AvgIpc) is 2.64. The van der Waals surface area contributed by atoms with Gasteiger partial charge in [-0.2, -0.15) is 0 Å². The van der Waals surface area contributed by atoms with E-state index in [2.05, 4.69) is 15.0 Å². The van der Waals surface area contributed by atoms with Crippen molar-refractivity contribution in [2.75, 3.05) is 39.5 Å². The van der Waals surface area contributed by atoms with Crippen LogP contribution in [0.25, 0.3) is 0 Å². The van der Waals surface area contributed by atoms with Crippen LogP contribution in [0.4, 0.5) is 0 Å². The molecule has 0 spiro atoms. The van der Waals surface area contributed by atoms with Crippen molar-refractivity contribution in [1.82, 2.24) is 14.9 Å². The third kappa shape index (κ3) is 7.72. The van der Waals surface area contributed by atoms with Gasteiger partial charge in [-0.05, 0) is 24.8 Å². The van der Waals surface area contributed by atoms with E-state index in [1.54, 1.807) is 0 Å². The number of benzene rings is 1. The average molecular weight is 383 g/mol. The largest absolute Gasteiger partial charge is 0.377 e. The molecule has 1 fully saturated rings. The molecule has 1 aromatic carbocycles. The standard InChI is InChI=1S/C18H30N4O3S/c1-22(2)18(20-14-16-8-4-3-5-9-16)19-11-13-26(23,24)21-15-17-10-6-7-12-25-17/h3-5,8-9,17,21H,6-7,10-15H2,1-2H3,(H,19,20). The highest BCUT2D eigenvalue weighted by Crippen LogP contribution is 2.11. The van der Waals surface area contributed by atoms with Gasteiger partial charge in [-0.3, -0.25) is 0 Å². The van der Waals surface area contributed by atoms with Crippen molar-refractivity contribution in [1.29, 1.82) is 0 Å². The van der Waals surface area contributed by atoms with Crippen molar-refractivity contribution in [3.05, 3.63) is 35.9 Å². The molecule has 0 bridgehead atoms. The minimum Gasteiger partial charge on any atom is -0.377 e. The molecule has 8 heteroatoms. The van der Waals surface area contributed by atoms with E-state index in [1.807, 2.05) is 49.3 Å². The lowest BCUT2D eigenvalue weighted by Gasteiger charge is -2.23. The van der Waals surface area contributed by atoms with Crippen LogP contribution in [0.15, 0.2) is 35.3 Å². The summed E-state index contributed by atoms with van der Waals surface area (Å²) in [7, 11) is 0.422. The molecule has 0 aromatic heterocycles. The molecule has 2 N–H and O–H groups in total. The van der Waals surface area contributed by atoms with Gasteiger partial charge < -0.3 is 15.0 Å². The number of hydrogen-bond donors (Lipinski definition) is 2. The van der Waals surface area contributed by atoms with E-state index in [4.69, 9.17) is 4.74 Å². The molecule has 2 rings (SSSR count). The van der Waals surface area contributed by atoms with Crippen LogP contribution in [0.1, 0.15) is 24.8 Å². The molecule has 26 heavy (non-hydrogen) atoms. The Balaban J connectivity index is 1.76. The Bertz CT molecular complexity index is 656. The molecule has 1 atom stereocenters. The number of hydrogen-bond acceptors (Lipinski definition) is 4. The summed E-state index contributed by atoms with van der Waals surface area (Å²) >= 11 is 0. The maximum Gasteiger partial charge on any atom is 0.213 e. The van der Waals surface area contributed by atoms with Gasteiger partial charge in [-0.15, -0.1) is 0 Å². The van der Waals surface area contributed by atoms with E-state index in [9.17, 15) is 8.42 Å². The third-order valence-electron chi connectivity index (χ3n) is 4.14. The Hall–Kier alpha value is -1.64. The summed E-state index contributed by atoms with van der Waals surface area (Å²) in [5.74, 6) is 0.664. The number of nitrogens with zero attached hydrogens (tertiary/aromatic N) is 2. The van der Waals surface area contributed by atoms with Crippen LogP contribution in [0.3, 0.4) is 0 Å². The van der Waals surface area contributed by atoms with Crippen LogP contribution in [0.5, 0.6) is 0 Å². The molecule has 0 saturated carbocycles. The van der Waals surface area contributed by atoms with Gasteiger partial charge in [-0.1, -0.05) is 30.3 Å². The van der Waals surface area contributed by atoms with E-state index < -0.39 is 10.0 Å². The van der Waals surface area contributed by atoms with Crippen molar-refractivity contribution >= 4 is 16.0 Å². The van der Waals surface area contributed by atoms with Crippen LogP contribution in [-0.4, -0.2) is 64.9 Å². The predicted octanol–water partition coefficient (Wildman–Crippen LogP) is 1.18. The molecule has 1 aliphatic heterocycles. The second kappa shape index (κ2) is 10.5. The topological polar surface area (TPSA) is 83.0 Å². The quantitative estimate of drug-likeness (QED) is 0.521. The number of sulfonamides is 1. The first kappa shape index (κ1) is 20.7.